The first kappa shape index (κ1) is 30.3. The van der Waals surface area contributed by atoms with Crippen LogP contribution in [0.1, 0.15) is 64.0 Å². The van der Waals surface area contributed by atoms with E-state index in [2.05, 4.69) is 13.0 Å². The molecule has 3 aliphatic rings. The molecule has 2 N–H and O–H groups in total. The molecule has 1 aliphatic heterocycles. The van der Waals surface area contributed by atoms with Crippen LogP contribution >= 0.6 is 0 Å². The number of fused-ring (bicyclic) bond motifs is 1. The van der Waals surface area contributed by atoms with E-state index >= 15 is 0 Å². The number of allylic oxidation sites excluding steroid dienone is 2. The average molecular weight is 567 g/mol. The summed E-state index contributed by atoms with van der Waals surface area (Å²) in [5, 5.41) is 20.5. The quantitative estimate of drug-likeness (QED) is 0.432. The maximum absolute atomic E-state index is 13.3. The van der Waals surface area contributed by atoms with Gasteiger partial charge in [0.25, 0.3) is 0 Å². The Labute approximate surface area is 232 Å². The van der Waals surface area contributed by atoms with Gasteiger partial charge in [0.1, 0.15) is 12.2 Å². The van der Waals surface area contributed by atoms with Gasteiger partial charge in [-0.25, -0.2) is 4.79 Å². The van der Waals surface area contributed by atoms with Gasteiger partial charge in [-0.15, -0.1) is 0 Å². The molecule has 40 heavy (non-hydrogen) atoms. The van der Waals surface area contributed by atoms with Gasteiger partial charge in [0.2, 0.25) is 0 Å². The number of benzene rings is 1. The molecule has 1 saturated heterocycles. The van der Waals surface area contributed by atoms with E-state index in [-0.39, 0.29) is 43.3 Å². The van der Waals surface area contributed by atoms with Crippen molar-refractivity contribution in [1.29, 1.82) is 0 Å². The van der Waals surface area contributed by atoms with E-state index in [0.29, 0.717) is 24.8 Å². The van der Waals surface area contributed by atoms with Crippen LogP contribution in [0.4, 0.5) is 13.2 Å². The Hall–Kier alpha value is -2.69. The van der Waals surface area contributed by atoms with Crippen molar-refractivity contribution in [2.75, 3.05) is 0 Å². The highest BCUT2D eigenvalue weighted by atomic mass is 19.4. The third-order valence-corrected chi connectivity index (χ3v) is 8.06. The lowest BCUT2D eigenvalue weighted by Crippen LogP contribution is -2.46. The summed E-state index contributed by atoms with van der Waals surface area (Å²) >= 11 is 0. The molecular formula is C30H37F3O7. The lowest BCUT2D eigenvalue weighted by molar-refractivity contribution is -0.180. The summed E-state index contributed by atoms with van der Waals surface area (Å²) in [5.74, 6) is -1.07. The Morgan fingerprint density at radius 2 is 1.80 bits per heavy atom. The fourth-order valence-electron chi connectivity index (χ4n) is 5.80. The van der Waals surface area contributed by atoms with E-state index in [4.69, 9.17) is 14.2 Å². The summed E-state index contributed by atoms with van der Waals surface area (Å²) in [6, 6.07) is 4.55. The third-order valence-electron chi connectivity index (χ3n) is 8.06. The highest BCUT2D eigenvalue weighted by Crippen LogP contribution is 2.44. The number of alkyl halides is 3. The predicted molar refractivity (Wildman–Crippen MR) is 139 cm³/mol. The van der Waals surface area contributed by atoms with E-state index in [9.17, 15) is 33.0 Å². The Morgan fingerprint density at radius 3 is 2.45 bits per heavy atom. The first-order valence-electron chi connectivity index (χ1n) is 13.7. The summed E-state index contributed by atoms with van der Waals surface area (Å²) < 4.78 is 55.7. The minimum Gasteiger partial charge on any atom is -0.462 e. The maximum atomic E-state index is 13.3. The number of hydrogen-bond donors (Lipinski definition) is 2. The Kier molecular flexibility index (Phi) is 9.11. The zero-order valence-corrected chi connectivity index (χ0v) is 22.9. The first-order valence-corrected chi connectivity index (χ1v) is 13.7. The van der Waals surface area contributed by atoms with Crippen LogP contribution in [0, 0.1) is 17.8 Å². The van der Waals surface area contributed by atoms with Crippen LogP contribution in [0.3, 0.4) is 0 Å². The zero-order chi connectivity index (χ0) is 29.2. The lowest BCUT2D eigenvalue weighted by Gasteiger charge is -2.43. The molecule has 1 heterocycles. The number of aliphatic hydroxyl groups is 2. The molecule has 1 aromatic carbocycles. The number of aliphatic hydroxyl groups excluding tert-OH is 2. The molecule has 0 radical (unpaired) electrons. The highest BCUT2D eigenvalue weighted by molar-refractivity contribution is 5.78. The normalized spacial score (nSPS) is 30.8. The second kappa shape index (κ2) is 12.0. The number of rotatable bonds is 8. The second-order valence-corrected chi connectivity index (χ2v) is 11.6. The number of ether oxygens (including phenoxy) is 3. The van der Waals surface area contributed by atoms with Gasteiger partial charge in [-0.3, -0.25) is 4.79 Å². The number of cyclic esters (lactones) is 1. The van der Waals surface area contributed by atoms with Crippen molar-refractivity contribution in [2.24, 2.45) is 17.8 Å². The van der Waals surface area contributed by atoms with Gasteiger partial charge >= 0.3 is 18.1 Å². The van der Waals surface area contributed by atoms with Gasteiger partial charge in [0, 0.05) is 18.8 Å². The van der Waals surface area contributed by atoms with Gasteiger partial charge in [-0.1, -0.05) is 37.3 Å². The summed E-state index contributed by atoms with van der Waals surface area (Å²) in [5.41, 5.74) is -0.805. The molecule has 0 saturated carbocycles. The van der Waals surface area contributed by atoms with Crippen LogP contribution < -0.4 is 0 Å². The Bertz CT molecular complexity index is 1130. The molecular weight excluding hydrogens is 529 g/mol. The van der Waals surface area contributed by atoms with Crippen LogP contribution in [0.25, 0.3) is 0 Å². The highest BCUT2D eigenvalue weighted by Gasteiger charge is 2.44. The molecule has 4 rings (SSSR count). The van der Waals surface area contributed by atoms with Crippen LogP contribution in [-0.4, -0.2) is 52.2 Å². The van der Waals surface area contributed by atoms with Crippen molar-refractivity contribution in [2.45, 2.75) is 95.7 Å². The molecule has 0 amide bonds. The minimum absolute atomic E-state index is 0.00121. The fraction of sp³-hybridized carbons (Fsp3) is 0.600. The van der Waals surface area contributed by atoms with Crippen LogP contribution in [0.15, 0.2) is 48.1 Å². The maximum Gasteiger partial charge on any atom is 0.416 e. The van der Waals surface area contributed by atoms with Gasteiger partial charge < -0.3 is 24.4 Å². The third kappa shape index (κ3) is 7.33. The standard InChI is InChI=1S/C30H37F3O7/c1-17-4-7-19-12-21(34)14-25(27(19)24(17)11-10-23-13-22(35)15-26(36)39-23)40-28(37)29(2,3)38-16-18-5-8-20(9-6-18)30(31,32)33/h4-9,12,17,21-25,27,34-35H,10-11,13-16H2,1-3H3/t17?,21?,22-,23-,24?,25?,27?/m1/s1. The largest absolute Gasteiger partial charge is 0.462 e. The molecule has 0 spiro atoms. The minimum atomic E-state index is -4.44. The molecule has 7 nitrogen and oxygen atoms in total. The number of hydrogen-bond acceptors (Lipinski definition) is 7. The molecule has 1 aromatic rings. The summed E-state index contributed by atoms with van der Waals surface area (Å²) in [6.07, 6.45) is 0.643. The molecule has 7 atom stereocenters. The van der Waals surface area contributed by atoms with Crippen molar-refractivity contribution in [3.8, 4) is 0 Å². The number of carbonyl (C=O) groups excluding carboxylic acids is 2. The van der Waals surface area contributed by atoms with Crippen molar-refractivity contribution in [1.82, 2.24) is 0 Å². The van der Waals surface area contributed by atoms with Crippen LogP contribution in [0.2, 0.25) is 0 Å². The smallest absolute Gasteiger partial charge is 0.416 e. The van der Waals surface area contributed by atoms with Crippen LogP contribution in [-0.2, 0) is 36.6 Å². The fourth-order valence-corrected chi connectivity index (χ4v) is 5.80. The zero-order valence-electron chi connectivity index (χ0n) is 22.9. The Balaban J connectivity index is 1.42. The molecule has 220 valence electrons. The van der Waals surface area contributed by atoms with E-state index < -0.39 is 47.6 Å². The molecule has 0 bridgehead atoms. The van der Waals surface area contributed by atoms with Gasteiger partial charge in [0.05, 0.1) is 30.8 Å². The molecule has 2 aliphatic carbocycles. The van der Waals surface area contributed by atoms with Crippen LogP contribution in [0.5, 0.6) is 0 Å². The molecule has 5 unspecified atom stereocenters. The van der Waals surface area contributed by atoms with Crippen molar-refractivity contribution in [3.63, 3.8) is 0 Å². The number of carbonyl (C=O) groups is 2. The van der Waals surface area contributed by atoms with E-state index in [1.54, 1.807) is 19.9 Å². The predicted octanol–water partition coefficient (Wildman–Crippen LogP) is 4.89. The first-order chi connectivity index (χ1) is 18.7. The van der Waals surface area contributed by atoms with Gasteiger partial charge in [-0.05, 0) is 61.8 Å². The van der Waals surface area contributed by atoms with E-state index in [1.165, 1.54) is 12.1 Å². The van der Waals surface area contributed by atoms with E-state index in [0.717, 1.165) is 17.7 Å². The monoisotopic (exact) mass is 566 g/mol. The number of halogens is 3. The average Bonchev–Trinajstić information content (AvgIpc) is 2.86. The Morgan fingerprint density at radius 1 is 1.10 bits per heavy atom. The lowest BCUT2D eigenvalue weighted by atomic mass is 9.66. The summed E-state index contributed by atoms with van der Waals surface area (Å²) in [6.45, 7) is 5.06. The van der Waals surface area contributed by atoms with Gasteiger partial charge in [-0.2, -0.15) is 13.2 Å². The van der Waals surface area contributed by atoms with Crippen molar-refractivity contribution in [3.05, 3.63) is 59.2 Å². The SMILES string of the molecule is CC1C=CC2=CC(O)CC(OC(=O)C(C)(C)OCc3ccc(C(F)(F)F)cc3)C2C1CC[C@@H]1C[C@@H](O)CC(=O)O1. The van der Waals surface area contributed by atoms with Crippen molar-refractivity contribution >= 4 is 11.9 Å². The number of esters is 2. The second-order valence-electron chi connectivity index (χ2n) is 11.6. The molecule has 10 heteroatoms. The van der Waals surface area contributed by atoms with Gasteiger partial charge in [0.15, 0.2) is 5.60 Å². The molecule has 0 aromatic heterocycles. The topological polar surface area (TPSA) is 102 Å². The van der Waals surface area contributed by atoms with Crippen molar-refractivity contribution < 1.29 is 47.2 Å². The molecule has 1 fully saturated rings. The summed E-state index contributed by atoms with van der Waals surface area (Å²) in [7, 11) is 0. The summed E-state index contributed by atoms with van der Waals surface area (Å²) in [4.78, 5) is 25.1. The van der Waals surface area contributed by atoms with E-state index in [1.807, 2.05) is 6.08 Å².